The normalized spacial score (nSPS) is 15.0. The zero-order valence-electron chi connectivity index (χ0n) is 17.1. The second-order valence-corrected chi connectivity index (χ2v) is 7.81. The molecule has 1 aliphatic rings. The molecule has 0 fully saturated rings. The van der Waals surface area contributed by atoms with Crippen molar-refractivity contribution >= 4 is 11.7 Å². The second-order valence-electron chi connectivity index (χ2n) is 7.81. The molecule has 3 aromatic carbocycles. The molecular weight excluding hydrogens is 389 g/mol. The lowest BCUT2D eigenvalue weighted by atomic mass is 10.0. The molecule has 0 saturated carbocycles. The number of rotatable bonds is 2. The number of anilines is 1. The van der Waals surface area contributed by atoms with Crippen molar-refractivity contribution in [1.82, 2.24) is 9.47 Å². The van der Waals surface area contributed by atoms with Crippen LogP contribution in [0.1, 0.15) is 28.4 Å². The van der Waals surface area contributed by atoms with Crippen molar-refractivity contribution in [1.29, 1.82) is 0 Å². The Labute approximate surface area is 180 Å². The number of carbonyl (C=O) groups excluding carboxylic acids is 1. The van der Waals surface area contributed by atoms with Gasteiger partial charge in [0, 0.05) is 17.6 Å². The zero-order chi connectivity index (χ0) is 21.4. The SMILES string of the molecule is Cc1ccc(NC(=O)N2Cc3ccccc3-n3cccc3[C@H]2c2ccc(F)cc2)cc1. The summed E-state index contributed by atoms with van der Waals surface area (Å²) < 4.78 is 15.8. The minimum atomic E-state index is -0.367. The minimum Gasteiger partial charge on any atom is -0.318 e. The molecule has 1 aromatic heterocycles. The smallest absolute Gasteiger partial charge is 0.318 e. The Hall–Kier alpha value is -3.86. The van der Waals surface area contributed by atoms with E-state index in [0.717, 1.165) is 33.8 Å². The van der Waals surface area contributed by atoms with Crippen LogP contribution >= 0.6 is 0 Å². The number of aryl methyl sites for hydroxylation is 1. The quantitative estimate of drug-likeness (QED) is 0.428. The van der Waals surface area contributed by atoms with Gasteiger partial charge in [0.1, 0.15) is 5.82 Å². The topological polar surface area (TPSA) is 37.3 Å². The summed E-state index contributed by atoms with van der Waals surface area (Å²) >= 11 is 0. The molecule has 154 valence electrons. The van der Waals surface area contributed by atoms with Crippen LogP contribution in [0.4, 0.5) is 14.9 Å². The largest absolute Gasteiger partial charge is 0.322 e. The first-order valence-electron chi connectivity index (χ1n) is 10.3. The lowest BCUT2D eigenvalue weighted by Crippen LogP contribution is -2.37. The molecule has 5 heteroatoms. The number of hydrogen-bond donors (Lipinski definition) is 1. The maximum Gasteiger partial charge on any atom is 0.322 e. The van der Waals surface area contributed by atoms with Gasteiger partial charge in [-0.2, -0.15) is 0 Å². The average molecular weight is 411 g/mol. The number of urea groups is 1. The van der Waals surface area contributed by atoms with Gasteiger partial charge in [0.25, 0.3) is 0 Å². The Balaban J connectivity index is 1.62. The van der Waals surface area contributed by atoms with E-state index in [4.69, 9.17) is 0 Å². The molecule has 0 bridgehead atoms. The van der Waals surface area contributed by atoms with Gasteiger partial charge in [-0.1, -0.05) is 48.0 Å². The van der Waals surface area contributed by atoms with E-state index in [9.17, 15) is 9.18 Å². The Morgan fingerprint density at radius 2 is 1.68 bits per heavy atom. The second kappa shape index (κ2) is 7.76. The minimum absolute atomic E-state index is 0.206. The van der Waals surface area contributed by atoms with Gasteiger partial charge in [-0.25, -0.2) is 9.18 Å². The summed E-state index contributed by atoms with van der Waals surface area (Å²) in [6, 6.07) is 25.6. The molecular formula is C26H22FN3O. The summed E-state index contributed by atoms with van der Waals surface area (Å²) in [5.74, 6) is -0.299. The molecule has 2 heterocycles. The van der Waals surface area contributed by atoms with Crippen molar-refractivity contribution in [2.75, 3.05) is 5.32 Å². The van der Waals surface area contributed by atoms with Crippen LogP contribution in [-0.4, -0.2) is 15.5 Å². The van der Waals surface area contributed by atoms with E-state index in [-0.39, 0.29) is 17.9 Å². The summed E-state index contributed by atoms with van der Waals surface area (Å²) in [7, 11) is 0. The summed E-state index contributed by atoms with van der Waals surface area (Å²) in [5.41, 5.74) is 5.76. The molecule has 1 atom stereocenters. The number of fused-ring (bicyclic) bond motifs is 3. The number of aromatic nitrogens is 1. The van der Waals surface area contributed by atoms with Crippen LogP contribution in [-0.2, 0) is 6.54 Å². The molecule has 1 N–H and O–H groups in total. The number of benzene rings is 3. The first-order valence-corrected chi connectivity index (χ1v) is 10.3. The summed E-state index contributed by atoms with van der Waals surface area (Å²) in [6.07, 6.45) is 2.01. The van der Waals surface area contributed by atoms with Crippen molar-refractivity contribution < 1.29 is 9.18 Å². The van der Waals surface area contributed by atoms with E-state index in [1.165, 1.54) is 12.1 Å². The third kappa shape index (κ3) is 3.59. The molecule has 4 aromatic rings. The van der Waals surface area contributed by atoms with Crippen LogP contribution in [0, 0.1) is 12.7 Å². The number of para-hydroxylation sites is 1. The van der Waals surface area contributed by atoms with Crippen molar-refractivity contribution in [3.63, 3.8) is 0 Å². The number of halogens is 1. The van der Waals surface area contributed by atoms with Crippen LogP contribution in [0.3, 0.4) is 0 Å². The molecule has 5 rings (SSSR count). The summed E-state index contributed by atoms with van der Waals surface area (Å²) in [6.45, 7) is 2.44. The number of carbonyl (C=O) groups is 1. The van der Waals surface area contributed by atoms with Crippen LogP contribution < -0.4 is 5.32 Å². The number of hydrogen-bond acceptors (Lipinski definition) is 1. The van der Waals surface area contributed by atoms with E-state index in [1.807, 2.05) is 72.6 Å². The van der Waals surface area contributed by atoms with Crippen molar-refractivity contribution in [2.45, 2.75) is 19.5 Å². The lowest BCUT2D eigenvalue weighted by Gasteiger charge is -2.31. The third-order valence-electron chi connectivity index (χ3n) is 5.71. The Morgan fingerprint density at radius 1 is 0.935 bits per heavy atom. The van der Waals surface area contributed by atoms with Crippen molar-refractivity contribution in [2.24, 2.45) is 0 Å². The van der Waals surface area contributed by atoms with Crippen molar-refractivity contribution in [3.8, 4) is 5.69 Å². The standard InChI is InChI=1S/C26H22FN3O/c1-18-8-14-22(15-9-18)28-26(31)30-17-20-5-2-3-6-23(20)29-16-4-7-24(29)25(30)19-10-12-21(27)13-11-19/h2-16,25H,17H2,1H3,(H,28,31)/t25-/m1/s1. The first-order chi connectivity index (χ1) is 15.1. The highest BCUT2D eigenvalue weighted by Gasteiger charge is 2.33. The average Bonchev–Trinajstić information content (AvgIpc) is 3.20. The van der Waals surface area contributed by atoms with Crippen molar-refractivity contribution in [3.05, 3.63) is 119 Å². The fourth-order valence-corrected chi connectivity index (χ4v) is 4.17. The van der Waals surface area contributed by atoms with Crippen LogP contribution in [0.15, 0.2) is 91.1 Å². The Kier molecular flexibility index (Phi) is 4.79. The molecule has 2 amide bonds. The summed E-state index contributed by atoms with van der Waals surface area (Å²) in [4.78, 5) is 15.3. The maximum atomic E-state index is 13.7. The monoisotopic (exact) mass is 411 g/mol. The van der Waals surface area contributed by atoms with Gasteiger partial charge in [0.05, 0.1) is 18.3 Å². The number of nitrogens with zero attached hydrogens (tertiary/aromatic N) is 2. The number of nitrogens with one attached hydrogen (secondary N) is 1. The lowest BCUT2D eigenvalue weighted by molar-refractivity contribution is 0.194. The van der Waals surface area contributed by atoms with Gasteiger partial charge < -0.3 is 14.8 Å². The predicted molar refractivity (Wildman–Crippen MR) is 120 cm³/mol. The highest BCUT2D eigenvalue weighted by Crippen LogP contribution is 2.37. The zero-order valence-corrected chi connectivity index (χ0v) is 17.1. The fourth-order valence-electron chi connectivity index (χ4n) is 4.17. The van der Waals surface area contributed by atoms with E-state index < -0.39 is 0 Å². The van der Waals surface area contributed by atoms with Gasteiger partial charge in [-0.3, -0.25) is 0 Å². The highest BCUT2D eigenvalue weighted by atomic mass is 19.1. The molecule has 0 saturated heterocycles. The van der Waals surface area contributed by atoms with E-state index in [0.29, 0.717) is 6.54 Å². The summed E-state index contributed by atoms with van der Waals surface area (Å²) in [5, 5.41) is 3.04. The molecule has 4 nitrogen and oxygen atoms in total. The maximum absolute atomic E-state index is 13.7. The Bertz CT molecular complexity index is 1230. The van der Waals surface area contributed by atoms with E-state index in [1.54, 1.807) is 12.1 Å². The molecule has 0 spiro atoms. The van der Waals surface area contributed by atoms with Gasteiger partial charge in [0.15, 0.2) is 0 Å². The molecule has 1 aliphatic heterocycles. The van der Waals surface area contributed by atoms with Gasteiger partial charge >= 0.3 is 6.03 Å². The highest BCUT2D eigenvalue weighted by molar-refractivity contribution is 5.90. The molecule has 0 radical (unpaired) electrons. The van der Waals surface area contributed by atoms with E-state index >= 15 is 0 Å². The van der Waals surface area contributed by atoms with Gasteiger partial charge in [0.2, 0.25) is 0 Å². The van der Waals surface area contributed by atoms with Gasteiger partial charge in [-0.05, 0) is 60.5 Å². The van der Waals surface area contributed by atoms with Crippen LogP contribution in [0.25, 0.3) is 5.69 Å². The van der Waals surface area contributed by atoms with E-state index in [2.05, 4.69) is 16.0 Å². The van der Waals surface area contributed by atoms with Gasteiger partial charge in [-0.15, -0.1) is 0 Å². The van der Waals surface area contributed by atoms with Crippen LogP contribution in [0.5, 0.6) is 0 Å². The fraction of sp³-hybridized carbons (Fsp3) is 0.115. The predicted octanol–water partition coefficient (Wildman–Crippen LogP) is 6.06. The van der Waals surface area contributed by atoms with Crippen LogP contribution in [0.2, 0.25) is 0 Å². The Morgan fingerprint density at radius 3 is 2.45 bits per heavy atom. The molecule has 0 aliphatic carbocycles. The first kappa shape index (κ1) is 19.1. The molecule has 31 heavy (non-hydrogen) atoms. The third-order valence-corrected chi connectivity index (χ3v) is 5.71. The molecule has 0 unspecified atom stereocenters. The number of amides is 2.